The first kappa shape index (κ1) is 16.8. The maximum absolute atomic E-state index is 9.15. The Morgan fingerprint density at radius 3 is 2.27 bits per heavy atom. The molecule has 0 bridgehead atoms. The molecule has 0 heterocycles. The van der Waals surface area contributed by atoms with Crippen LogP contribution >= 0.6 is 11.6 Å². The molecule has 0 fully saturated rings. The van der Waals surface area contributed by atoms with Gasteiger partial charge in [0.25, 0.3) is 0 Å². The highest BCUT2D eigenvalue weighted by Crippen LogP contribution is 2.15. The smallest absolute Gasteiger partial charge is 0.119 e. The summed E-state index contributed by atoms with van der Waals surface area (Å²) in [6.45, 7) is 3.49. The summed E-state index contributed by atoms with van der Waals surface area (Å²) < 4.78 is 5.75. The van der Waals surface area contributed by atoms with Crippen LogP contribution in [0.3, 0.4) is 0 Å². The summed E-state index contributed by atoms with van der Waals surface area (Å²) in [5.74, 6) is 0.841. The minimum absolute atomic E-state index is 0.154. The Morgan fingerprint density at radius 1 is 1.05 bits per heavy atom. The Morgan fingerprint density at radius 2 is 1.68 bits per heavy atom. The van der Waals surface area contributed by atoms with E-state index < -0.39 is 0 Å². The number of halogens is 1. The molecule has 118 valence electrons. The molecular weight excluding hydrogens is 298 g/mol. The van der Waals surface area contributed by atoms with Crippen molar-refractivity contribution in [2.24, 2.45) is 0 Å². The van der Waals surface area contributed by atoms with E-state index in [1.807, 2.05) is 48.5 Å². The molecule has 4 heteroatoms. The maximum Gasteiger partial charge on any atom is 0.119 e. The summed E-state index contributed by atoms with van der Waals surface area (Å²) in [5, 5.41) is 13.2. The zero-order chi connectivity index (χ0) is 15.8. The van der Waals surface area contributed by atoms with Gasteiger partial charge in [-0.15, -0.1) is 0 Å². The van der Waals surface area contributed by atoms with Gasteiger partial charge in [0, 0.05) is 17.6 Å². The summed E-state index contributed by atoms with van der Waals surface area (Å²) in [6, 6.07) is 15.8. The molecule has 2 N–H and O–H groups in total. The van der Waals surface area contributed by atoms with Crippen molar-refractivity contribution in [3.63, 3.8) is 0 Å². The van der Waals surface area contributed by atoms with Crippen molar-refractivity contribution in [2.45, 2.75) is 32.5 Å². The fraction of sp³-hybridized carbons (Fsp3) is 0.333. The molecule has 3 nitrogen and oxygen atoms in total. The van der Waals surface area contributed by atoms with Gasteiger partial charge in [-0.25, -0.2) is 0 Å². The zero-order valence-corrected chi connectivity index (χ0v) is 13.5. The molecule has 2 rings (SSSR count). The second-order valence-corrected chi connectivity index (χ2v) is 5.66. The molecule has 2 aromatic carbocycles. The number of benzene rings is 2. The predicted octanol–water partition coefficient (Wildman–Crippen LogP) is 3.78. The highest BCUT2D eigenvalue weighted by atomic mass is 35.5. The van der Waals surface area contributed by atoms with Crippen LogP contribution in [0.15, 0.2) is 48.5 Å². The monoisotopic (exact) mass is 319 g/mol. The van der Waals surface area contributed by atoms with Crippen LogP contribution in [0.25, 0.3) is 0 Å². The van der Waals surface area contributed by atoms with E-state index in [2.05, 4.69) is 12.2 Å². The Balaban J connectivity index is 1.82. The molecule has 0 saturated heterocycles. The molecule has 0 aliphatic carbocycles. The maximum atomic E-state index is 9.15. The van der Waals surface area contributed by atoms with E-state index in [9.17, 15) is 0 Å². The number of rotatable bonds is 8. The largest absolute Gasteiger partial charge is 0.489 e. The first-order chi connectivity index (χ1) is 10.7. The number of aliphatic hydroxyl groups is 1. The third kappa shape index (κ3) is 5.34. The molecule has 2 aromatic rings. The molecule has 0 spiro atoms. The van der Waals surface area contributed by atoms with Gasteiger partial charge in [0.15, 0.2) is 0 Å². The molecule has 0 saturated carbocycles. The zero-order valence-electron chi connectivity index (χ0n) is 12.8. The Kier molecular flexibility index (Phi) is 6.72. The van der Waals surface area contributed by atoms with E-state index in [4.69, 9.17) is 21.4 Å². The van der Waals surface area contributed by atoms with E-state index in [-0.39, 0.29) is 12.6 Å². The second-order valence-electron chi connectivity index (χ2n) is 5.23. The molecule has 0 radical (unpaired) electrons. The summed E-state index contributed by atoms with van der Waals surface area (Å²) >= 11 is 5.86. The van der Waals surface area contributed by atoms with Crippen LogP contribution in [-0.2, 0) is 13.2 Å². The summed E-state index contributed by atoms with van der Waals surface area (Å²) in [6.07, 6.45) is 0.915. The number of nitrogens with one attached hydrogen (secondary N) is 1. The van der Waals surface area contributed by atoms with Gasteiger partial charge in [-0.05, 0) is 41.8 Å². The first-order valence-electron chi connectivity index (χ1n) is 7.51. The van der Waals surface area contributed by atoms with Gasteiger partial charge in [0.05, 0.1) is 6.61 Å². The number of aliphatic hydroxyl groups excluding tert-OH is 1. The van der Waals surface area contributed by atoms with Gasteiger partial charge >= 0.3 is 0 Å². The van der Waals surface area contributed by atoms with Crippen LogP contribution in [0.2, 0.25) is 5.02 Å². The van der Waals surface area contributed by atoms with Gasteiger partial charge in [0.1, 0.15) is 12.4 Å². The highest BCUT2D eigenvalue weighted by molar-refractivity contribution is 6.30. The fourth-order valence-electron chi connectivity index (χ4n) is 2.05. The second kappa shape index (κ2) is 8.79. The Labute approximate surface area is 136 Å². The van der Waals surface area contributed by atoms with Crippen LogP contribution in [0, 0.1) is 0 Å². The first-order valence-corrected chi connectivity index (χ1v) is 7.89. The average molecular weight is 320 g/mol. The van der Waals surface area contributed by atoms with E-state index in [1.54, 1.807) is 0 Å². The van der Waals surface area contributed by atoms with Gasteiger partial charge < -0.3 is 15.2 Å². The lowest BCUT2D eigenvalue weighted by Crippen LogP contribution is -2.31. The van der Waals surface area contributed by atoms with E-state index in [0.29, 0.717) is 6.61 Å². The summed E-state index contributed by atoms with van der Waals surface area (Å²) in [7, 11) is 0. The number of ether oxygens (including phenoxy) is 1. The minimum Gasteiger partial charge on any atom is -0.489 e. The van der Waals surface area contributed by atoms with Crippen molar-refractivity contribution in [2.75, 3.05) is 6.61 Å². The van der Waals surface area contributed by atoms with E-state index >= 15 is 0 Å². The normalized spacial score (nSPS) is 12.1. The fourth-order valence-corrected chi connectivity index (χ4v) is 2.18. The third-order valence-corrected chi connectivity index (χ3v) is 3.80. The van der Waals surface area contributed by atoms with Crippen LogP contribution in [0.4, 0.5) is 0 Å². The topological polar surface area (TPSA) is 41.5 Å². The third-order valence-electron chi connectivity index (χ3n) is 3.55. The Bertz CT molecular complexity index is 550. The average Bonchev–Trinajstić information content (AvgIpc) is 2.56. The van der Waals surface area contributed by atoms with Gasteiger partial charge in [0.2, 0.25) is 0 Å². The lowest BCUT2D eigenvalue weighted by molar-refractivity contribution is 0.238. The van der Waals surface area contributed by atoms with E-state index in [1.165, 1.54) is 5.56 Å². The lowest BCUT2D eigenvalue weighted by atomic mass is 10.2. The Hall–Kier alpha value is -1.55. The SMILES string of the molecule is CC[C@@H](CO)NCc1ccc(OCc2ccc(Cl)cc2)cc1. The number of hydrogen-bond donors (Lipinski definition) is 2. The number of hydrogen-bond acceptors (Lipinski definition) is 3. The molecule has 0 aromatic heterocycles. The van der Waals surface area contributed by atoms with Crippen LogP contribution in [0.5, 0.6) is 5.75 Å². The van der Waals surface area contributed by atoms with E-state index in [0.717, 1.165) is 29.3 Å². The predicted molar refractivity (Wildman–Crippen MR) is 90.2 cm³/mol. The van der Waals surface area contributed by atoms with Gasteiger partial charge in [-0.1, -0.05) is 42.8 Å². The van der Waals surface area contributed by atoms with Crippen LogP contribution in [-0.4, -0.2) is 17.8 Å². The van der Waals surface area contributed by atoms with Gasteiger partial charge in [-0.3, -0.25) is 0 Å². The van der Waals surface area contributed by atoms with Crippen LogP contribution in [0.1, 0.15) is 24.5 Å². The van der Waals surface area contributed by atoms with Gasteiger partial charge in [-0.2, -0.15) is 0 Å². The minimum atomic E-state index is 0.154. The molecule has 0 aliphatic rings. The summed E-state index contributed by atoms with van der Waals surface area (Å²) in [4.78, 5) is 0. The summed E-state index contributed by atoms with van der Waals surface area (Å²) in [5.41, 5.74) is 2.26. The standard InChI is InChI=1S/C18H22ClNO2/c1-2-17(12-21)20-11-14-5-9-18(10-6-14)22-13-15-3-7-16(19)8-4-15/h3-10,17,20-21H,2,11-13H2,1H3/t17-/m0/s1. The molecule has 0 unspecified atom stereocenters. The van der Waals surface area contributed by atoms with Crippen molar-refractivity contribution >= 4 is 11.6 Å². The molecular formula is C18H22ClNO2. The van der Waals surface area contributed by atoms with Crippen molar-refractivity contribution in [1.82, 2.24) is 5.32 Å². The van der Waals surface area contributed by atoms with Crippen molar-refractivity contribution in [1.29, 1.82) is 0 Å². The lowest BCUT2D eigenvalue weighted by Gasteiger charge is -2.14. The molecule has 22 heavy (non-hydrogen) atoms. The van der Waals surface area contributed by atoms with Crippen molar-refractivity contribution in [3.8, 4) is 5.75 Å². The highest BCUT2D eigenvalue weighted by Gasteiger charge is 2.03. The van der Waals surface area contributed by atoms with Crippen LogP contribution < -0.4 is 10.1 Å². The molecule has 1 atom stereocenters. The van der Waals surface area contributed by atoms with Crippen molar-refractivity contribution < 1.29 is 9.84 Å². The van der Waals surface area contributed by atoms with Crippen molar-refractivity contribution in [3.05, 3.63) is 64.7 Å². The quantitative estimate of drug-likeness (QED) is 0.778. The molecule has 0 amide bonds. The molecule has 0 aliphatic heterocycles.